The molecule has 0 spiro atoms. The molecule has 2 saturated heterocycles. The van der Waals surface area contributed by atoms with Crippen molar-refractivity contribution in [3.05, 3.63) is 0 Å². The predicted molar refractivity (Wildman–Crippen MR) is 79.6 cm³/mol. The summed E-state index contributed by atoms with van der Waals surface area (Å²) in [6, 6.07) is 0. The van der Waals surface area contributed by atoms with Gasteiger partial charge in [0.15, 0.2) is 0 Å². The lowest BCUT2D eigenvalue weighted by atomic mass is 9.46. The van der Waals surface area contributed by atoms with Crippen molar-refractivity contribution >= 4 is 0 Å². The number of morpholine rings is 1. The van der Waals surface area contributed by atoms with Gasteiger partial charge in [-0.1, -0.05) is 20.8 Å². The molecule has 116 valence electrons. The Balaban J connectivity index is 1.69. The SMILES string of the molecule is CCC1CN(CC2(N)C3CCCOC3C2(C)C)CCO1. The molecule has 0 bridgehead atoms. The van der Waals surface area contributed by atoms with Crippen LogP contribution < -0.4 is 5.73 Å². The number of rotatable bonds is 3. The van der Waals surface area contributed by atoms with E-state index in [1.54, 1.807) is 0 Å². The lowest BCUT2D eigenvalue weighted by Crippen LogP contribution is -2.80. The van der Waals surface area contributed by atoms with E-state index in [1.807, 2.05) is 0 Å². The van der Waals surface area contributed by atoms with Crippen molar-refractivity contribution < 1.29 is 9.47 Å². The molecule has 1 aliphatic carbocycles. The second kappa shape index (κ2) is 5.24. The summed E-state index contributed by atoms with van der Waals surface area (Å²) in [4.78, 5) is 2.52. The Morgan fingerprint density at radius 2 is 2.05 bits per heavy atom. The number of hydrogen-bond donors (Lipinski definition) is 1. The number of nitrogens with two attached hydrogens (primary N) is 1. The van der Waals surface area contributed by atoms with E-state index >= 15 is 0 Å². The van der Waals surface area contributed by atoms with Crippen LogP contribution in [0.25, 0.3) is 0 Å². The second-order valence-corrected chi connectivity index (χ2v) is 7.44. The fourth-order valence-electron chi connectivity index (χ4n) is 4.53. The minimum Gasteiger partial charge on any atom is -0.377 e. The zero-order chi connectivity index (χ0) is 14.4. The van der Waals surface area contributed by atoms with E-state index in [9.17, 15) is 0 Å². The van der Waals surface area contributed by atoms with Gasteiger partial charge in [0.25, 0.3) is 0 Å². The Morgan fingerprint density at radius 1 is 1.25 bits per heavy atom. The van der Waals surface area contributed by atoms with Crippen LogP contribution in [0.1, 0.15) is 40.0 Å². The Morgan fingerprint density at radius 3 is 2.80 bits per heavy atom. The van der Waals surface area contributed by atoms with Gasteiger partial charge < -0.3 is 15.2 Å². The van der Waals surface area contributed by atoms with Gasteiger partial charge in [0.2, 0.25) is 0 Å². The second-order valence-electron chi connectivity index (χ2n) is 7.44. The molecule has 4 nitrogen and oxygen atoms in total. The number of fused-ring (bicyclic) bond motifs is 1. The summed E-state index contributed by atoms with van der Waals surface area (Å²) < 4.78 is 11.8. The first kappa shape index (κ1) is 14.8. The molecule has 2 heterocycles. The molecule has 2 N–H and O–H groups in total. The topological polar surface area (TPSA) is 47.7 Å². The summed E-state index contributed by atoms with van der Waals surface area (Å²) in [5.41, 5.74) is 6.87. The largest absolute Gasteiger partial charge is 0.377 e. The zero-order valence-corrected chi connectivity index (χ0v) is 13.2. The summed E-state index contributed by atoms with van der Waals surface area (Å²) in [5, 5.41) is 0. The molecule has 0 aromatic carbocycles. The molecule has 4 unspecified atom stereocenters. The van der Waals surface area contributed by atoms with Gasteiger partial charge in [0, 0.05) is 43.1 Å². The maximum absolute atomic E-state index is 6.89. The number of nitrogens with zero attached hydrogens (tertiary/aromatic N) is 1. The van der Waals surface area contributed by atoms with E-state index in [0.29, 0.717) is 18.1 Å². The predicted octanol–water partition coefficient (Wildman–Crippen LogP) is 1.63. The van der Waals surface area contributed by atoms with Crippen LogP contribution in [0, 0.1) is 11.3 Å². The van der Waals surface area contributed by atoms with Crippen molar-refractivity contribution in [2.24, 2.45) is 17.1 Å². The lowest BCUT2D eigenvalue weighted by Gasteiger charge is -2.67. The molecule has 4 atom stereocenters. The Hall–Kier alpha value is -0.160. The fourth-order valence-corrected chi connectivity index (χ4v) is 4.53. The van der Waals surface area contributed by atoms with Crippen LogP contribution in [0.15, 0.2) is 0 Å². The van der Waals surface area contributed by atoms with Gasteiger partial charge in [-0.05, 0) is 19.3 Å². The van der Waals surface area contributed by atoms with Crippen molar-refractivity contribution in [3.63, 3.8) is 0 Å². The molecular formula is C16H30N2O2. The third-order valence-electron chi connectivity index (χ3n) is 6.06. The zero-order valence-electron chi connectivity index (χ0n) is 13.2. The molecule has 0 aromatic rings. The van der Waals surface area contributed by atoms with Crippen molar-refractivity contribution in [2.75, 3.05) is 32.8 Å². The standard InChI is InChI=1S/C16H30N2O2/c1-4-12-10-18(7-9-19-12)11-16(17)13-6-5-8-20-14(13)15(16,2)3/h12-14H,4-11,17H2,1-3H3. The fraction of sp³-hybridized carbons (Fsp3) is 1.00. The van der Waals surface area contributed by atoms with Crippen LogP contribution in [-0.4, -0.2) is 55.5 Å². The highest BCUT2D eigenvalue weighted by Crippen LogP contribution is 2.57. The first-order chi connectivity index (χ1) is 9.49. The van der Waals surface area contributed by atoms with E-state index in [2.05, 4.69) is 25.7 Å². The van der Waals surface area contributed by atoms with Crippen molar-refractivity contribution in [1.82, 2.24) is 4.90 Å². The smallest absolute Gasteiger partial charge is 0.0700 e. The van der Waals surface area contributed by atoms with E-state index in [-0.39, 0.29) is 11.0 Å². The van der Waals surface area contributed by atoms with Gasteiger partial charge in [-0.2, -0.15) is 0 Å². The summed E-state index contributed by atoms with van der Waals surface area (Å²) in [6.45, 7) is 11.6. The van der Waals surface area contributed by atoms with Crippen LogP contribution in [0.3, 0.4) is 0 Å². The van der Waals surface area contributed by atoms with E-state index in [1.165, 1.54) is 6.42 Å². The molecule has 3 aliphatic rings. The molecule has 0 amide bonds. The average molecular weight is 282 g/mol. The first-order valence-electron chi connectivity index (χ1n) is 8.23. The Kier molecular flexibility index (Phi) is 3.87. The third-order valence-corrected chi connectivity index (χ3v) is 6.06. The Bertz CT molecular complexity index is 360. The van der Waals surface area contributed by atoms with E-state index in [0.717, 1.165) is 45.7 Å². The summed E-state index contributed by atoms with van der Waals surface area (Å²) in [6.07, 6.45) is 4.23. The average Bonchev–Trinajstić information content (AvgIpc) is 2.47. The molecule has 1 saturated carbocycles. The van der Waals surface area contributed by atoms with Crippen LogP contribution in [0.2, 0.25) is 0 Å². The van der Waals surface area contributed by atoms with Crippen molar-refractivity contribution in [2.45, 2.75) is 57.8 Å². The normalized spacial score (nSPS) is 44.7. The van der Waals surface area contributed by atoms with Crippen molar-refractivity contribution in [1.29, 1.82) is 0 Å². The van der Waals surface area contributed by atoms with E-state index < -0.39 is 0 Å². The van der Waals surface area contributed by atoms with Crippen LogP contribution in [-0.2, 0) is 9.47 Å². The van der Waals surface area contributed by atoms with Crippen LogP contribution in [0.4, 0.5) is 0 Å². The van der Waals surface area contributed by atoms with Gasteiger partial charge in [0.1, 0.15) is 0 Å². The molecule has 0 aromatic heterocycles. The minimum atomic E-state index is -0.103. The third kappa shape index (κ3) is 2.12. The van der Waals surface area contributed by atoms with Gasteiger partial charge >= 0.3 is 0 Å². The van der Waals surface area contributed by atoms with Crippen molar-refractivity contribution in [3.8, 4) is 0 Å². The first-order valence-corrected chi connectivity index (χ1v) is 8.23. The maximum atomic E-state index is 6.89. The number of hydrogen-bond acceptors (Lipinski definition) is 4. The highest BCUT2D eigenvalue weighted by molar-refractivity contribution is 5.21. The van der Waals surface area contributed by atoms with Gasteiger partial charge in [0.05, 0.1) is 18.8 Å². The highest BCUT2D eigenvalue weighted by Gasteiger charge is 2.66. The molecule has 0 radical (unpaired) electrons. The minimum absolute atomic E-state index is 0.0815. The van der Waals surface area contributed by atoms with Crippen LogP contribution >= 0.6 is 0 Å². The quantitative estimate of drug-likeness (QED) is 0.855. The molecule has 3 rings (SSSR count). The molecule has 4 heteroatoms. The maximum Gasteiger partial charge on any atom is 0.0700 e. The summed E-state index contributed by atoms with van der Waals surface area (Å²) >= 11 is 0. The molecule has 2 aliphatic heterocycles. The molecule has 20 heavy (non-hydrogen) atoms. The molecule has 3 fully saturated rings. The van der Waals surface area contributed by atoms with Gasteiger partial charge in [-0.15, -0.1) is 0 Å². The Labute approximate surface area is 123 Å². The van der Waals surface area contributed by atoms with Gasteiger partial charge in [-0.25, -0.2) is 0 Å². The summed E-state index contributed by atoms with van der Waals surface area (Å²) in [5.74, 6) is 0.536. The monoisotopic (exact) mass is 282 g/mol. The lowest BCUT2D eigenvalue weighted by molar-refractivity contribution is -0.234. The van der Waals surface area contributed by atoms with Gasteiger partial charge in [-0.3, -0.25) is 4.90 Å². The molecular weight excluding hydrogens is 252 g/mol. The number of ether oxygens (including phenoxy) is 2. The summed E-state index contributed by atoms with van der Waals surface area (Å²) in [7, 11) is 0. The highest BCUT2D eigenvalue weighted by atomic mass is 16.5. The van der Waals surface area contributed by atoms with E-state index in [4.69, 9.17) is 15.2 Å². The van der Waals surface area contributed by atoms with Crippen LogP contribution in [0.5, 0.6) is 0 Å².